The lowest BCUT2D eigenvalue weighted by atomic mass is 10.0. The van der Waals surface area contributed by atoms with Gasteiger partial charge in [0.15, 0.2) is 0 Å². The molecule has 0 fully saturated rings. The first kappa shape index (κ1) is 23.4. The van der Waals surface area contributed by atoms with E-state index in [1.54, 1.807) is 0 Å². The van der Waals surface area contributed by atoms with Crippen LogP contribution in [0, 0.1) is 11.8 Å². The Hall–Kier alpha value is 0.110. The van der Waals surface area contributed by atoms with E-state index in [2.05, 4.69) is 27.7 Å². The fraction of sp³-hybridized carbons (Fsp3) is 1.00. The molecule has 0 amide bonds. The third kappa shape index (κ3) is 12.3. The largest absolute Gasteiger partial charge is 0.778 e. The molecule has 0 aromatic rings. The van der Waals surface area contributed by atoms with Gasteiger partial charge in [0, 0.05) is 6.16 Å². The molecular weight excluding hydrogens is 285 g/mol. The summed E-state index contributed by atoms with van der Waals surface area (Å²) in [5.41, 5.74) is 0. The highest BCUT2D eigenvalue weighted by Gasteiger charge is 2.18. The minimum Gasteiger partial charge on any atom is -0.778 e. The lowest BCUT2D eigenvalue weighted by molar-refractivity contribution is -0.200. The standard InChI is InChI=1S/C16H35O3P.H3N/c1-5-9-11-15(7-3)13-19-20(17,18)14-16(8-4)12-10-6-2;/h15-16H,5-14H2,1-4H3,(H,17,18);1H3. The van der Waals surface area contributed by atoms with E-state index < -0.39 is 7.60 Å². The second kappa shape index (κ2) is 13.8. The molecule has 0 bridgehead atoms. The molecule has 0 aliphatic rings. The summed E-state index contributed by atoms with van der Waals surface area (Å²) in [7, 11) is -3.65. The van der Waals surface area contributed by atoms with Crippen molar-refractivity contribution in [3.8, 4) is 0 Å². The molecule has 4 nitrogen and oxygen atoms in total. The predicted molar refractivity (Wildman–Crippen MR) is 91.0 cm³/mol. The van der Waals surface area contributed by atoms with Crippen LogP contribution in [0.1, 0.15) is 79.1 Å². The van der Waals surface area contributed by atoms with Gasteiger partial charge in [-0.15, -0.1) is 0 Å². The molecule has 21 heavy (non-hydrogen) atoms. The zero-order chi connectivity index (χ0) is 15.4. The van der Waals surface area contributed by atoms with Gasteiger partial charge in [-0.25, -0.2) is 0 Å². The van der Waals surface area contributed by atoms with Crippen molar-refractivity contribution in [3.05, 3.63) is 0 Å². The first-order chi connectivity index (χ1) is 9.49. The molecule has 0 aromatic carbocycles. The van der Waals surface area contributed by atoms with Gasteiger partial charge >= 0.3 is 0 Å². The third-order valence-corrected chi connectivity index (χ3v) is 5.58. The van der Waals surface area contributed by atoms with Crippen LogP contribution < -0.4 is 11.0 Å². The van der Waals surface area contributed by atoms with Crippen LogP contribution >= 0.6 is 7.60 Å². The smallest absolute Gasteiger partial charge is 0.135 e. The summed E-state index contributed by atoms with van der Waals surface area (Å²) in [6.07, 6.45) is 8.72. The average Bonchev–Trinajstić information content (AvgIpc) is 2.43. The minimum absolute atomic E-state index is 0. The first-order valence-corrected chi connectivity index (χ1v) is 10.2. The number of rotatable bonds is 13. The molecule has 0 aromatic heterocycles. The van der Waals surface area contributed by atoms with Gasteiger partial charge in [-0.05, 0) is 24.7 Å². The Morgan fingerprint density at radius 1 is 0.952 bits per heavy atom. The molecule has 4 N–H and O–H groups in total. The molecule has 0 aliphatic carbocycles. The van der Waals surface area contributed by atoms with Gasteiger partial charge in [0.05, 0.1) is 6.61 Å². The van der Waals surface area contributed by atoms with Crippen LogP contribution in [0.25, 0.3) is 0 Å². The predicted octanol–water partition coefficient (Wildman–Crippen LogP) is 5.37. The summed E-state index contributed by atoms with van der Waals surface area (Å²) in [6, 6.07) is 0. The molecule has 0 heterocycles. The summed E-state index contributed by atoms with van der Waals surface area (Å²) < 4.78 is 17.4. The van der Waals surface area contributed by atoms with Crippen molar-refractivity contribution < 1.29 is 14.0 Å². The van der Waals surface area contributed by atoms with Gasteiger partial charge in [0.25, 0.3) is 0 Å². The van der Waals surface area contributed by atoms with Crippen LogP contribution in [0.2, 0.25) is 0 Å². The number of hydrogen-bond donors (Lipinski definition) is 1. The van der Waals surface area contributed by atoms with Crippen molar-refractivity contribution in [2.75, 3.05) is 12.8 Å². The molecule has 0 aliphatic heterocycles. The molecule has 0 radical (unpaired) electrons. The fourth-order valence-electron chi connectivity index (χ4n) is 2.40. The molecule has 3 atom stereocenters. The Kier molecular flexibility index (Phi) is 15.3. The Morgan fingerprint density at radius 3 is 1.86 bits per heavy atom. The first-order valence-electron chi connectivity index (χ1n) is 8.43. The van der Waals surface area contributed by atoms with Crippen LogP contribution in [0.3, 0.4) is 0 Å². The quantitative estimate of drug-likeness (QED) is 0.462. The summed E-state index contributed by atoms with van der Waals surface area (Å²) >= 11 is 0. The van der Waals surface area contributed by atoms with Crippen LogP contribution in [-0.2, 0) is 9.09 Å². The SMILES string of the molecule is CCCCC(CC)COP(=O)([O-])CC(CC)CCCC.[NH4+]. The van der Waals surface area contributed by atoms with Crippen molar-refractivity contribution >= 4 is 7.60 Å². The highest BCUT2D eigenvalue weighted by Crippen LogP contribution is 2.41. The van der Waals surface area contributed by atoms with Crippen LogP contribution in [0.15, 0.2) is 0 Å². The molecule has 130 valence electrons. The van der Waals surface area contributed by atoms with E-state index in [0.717, 1.165) is 51.4 Å². The zero-order valence-electron chi connectivity index (χ0n) is 14.9. The van der Waals surface area contributed by atoms with Gasteiger partial charge < -0.3 is 20.1 Å². The highest BCUT2D eigenvalue weighted by molar-refractivity contribution is 7.51. The zero-order valence-corrected chi connectivity index (χ0v) is 15.8. The van der Waals surface area contributed by atoms with Gasteiger partial charge in [-0.2, -0.15) is 0 Å². The van der Waals surface area contributed by atoms with Crippen molar-refractivity contribution in [3.63, 3.8) is 0 Å². The van der Waals surface area contributed by atoms with E-state index in [9.17, 15) is 9.46 Å². The van der Waals surface area contributed by atoms with E-state index in [-0.39, 0.29) is 18.2 Å². The summed E-state index contributed by atoms with van der Waals surface area (Å²) in [5, 5.41) is 0. The highest BCUT2D eigenvalue weighted by atomic mass is 31.2. The van der Waals surface area contributed by atoms with Crippen molar-refractivity contribution in [2.45, 2.75) is 79.1 Å². The Morgan fingerprint density at radius 2 is 1.43 bits per heavy atom. The van der Waals surface area contributed by atoms with Gasteiger partial charge in [-0.1, -0.05) is 66.2 Å². The van der Waals surface area contributed by atoms with E-state index in [4.69, 9.17) is 4.52 Å². The molecule has 0 saturated carbocycles. The van der Waals surface area contributed by atoms with E-state index >= 15 is 0 Å². The monoisotopic (exact) mass is 323 g/mol. The Labute approximate surface area is 132 Å². The van der Waals surface area contributed by atoms with Crippen LogP contribution in [0.5, 0.6) is 0 Å². The second-order valence-electron chi connectivity index (χ2n) is 5.92. The Bertz CT molecular complexity index is 274. The number of hydrogen-bond acceptors (Lipinski definition) is 3. The second-order valence-corrected chi connectivity index (χ2v) is 7.77. The number of quaternary nitrogens is 1. The summed E-state index contributed by atoms with van der Waals surface area (Å²) in [5.74, 6) is 0.641. The minimum atomic E-state index is -3.65. The maximum absolute atomic E-state index is 12.1. The maximum Gasteiger partial charge on any atom is 0.135 e. The third-order valence-electron chi connectivity index (χ3n) is 4.08. The van der Waals surface area contributed by atoms with Crippen LogP contribution in [0.4, 0.5) is 0 Å². The molecule has 5 heteroatoms. The molecule has 3 unspecified atom stereocenters. The van der Waals surface area contributed by atoms with Crippen molar-refractivity contribution in [2.24, 2.45) is 11.8 Å². The summed E-state index contributed by atoms with van der Waals surface area (Å²) in [4.78, 5) is 12.1. The van der Waals surface area contributed by atoms with Gasteiger partial charge in [0.1, 0.15) is 7.60 Å². The fourth-order valence-corrected chi connectivity index (χ4v) is 4.02. The molecule has 0 spiro atoms. The number of unbranched alkanes of at least 4 members (excludes halogenated alkanes) is 2. The van der Waals surface area contributed by atoms with E-state index in [0.29, 0.717) is 12.5 Å². The van der Waals surface area contributed by atoms with E-state index in [1.807, 2.05) is 0 Å². The topological polar surface area (TPSA) is 85.9 Å². The summed E-state index contributed by atoms with van der Waals surface area (Å²) in [6.45, 7) is 8.85. The normalized spacial score (nSPS) is 16.8. The van der Waals surface area contributed by atoms with Gasteiger partial charge in [-0.3, -0.25) is 0 Å². The van der Waals surface area contributed by atoms with Gasteiger partial charge in [0.2, 0.25) is 0 Å². The Balaban J connectivity index is 0. The average molecular weight is 323 g/mol. The van der Waals surface area contributed by atoms with Crippen LogP contribution in [-0.4, -0.2) is 12.8 Å². The lowest BCUT2D eigenvalue weighted by Crippen LogP contribution is -2.18. The lowest BCUT2D eigenvalue weighted by Gasteiger charge is -2.29. The molecular formula is C16H38NO3P. The maximum atomic E-state index is 12.1. The van der Waals surface area contributed by atoms with Crippen molar-refractivity contribution in [1.82, 2.24) is 6.15 Å². The van der Waals surface area contributed by atoms with E-state index in [1.165, 1.54) is 0 Å². The molecule has 0 saturated heterocycles. The van der Waals surface area contributed by atoms with Crippen molar-refractivity contribution in [1.29, 1.82) is 0 Å². The molecule has 0 rings (SSSR count).